The molecule has 14 nitrogen and oxygen atoms in total. The SMILES string of the molecule is CC(SC1COC(C=CC=Cc2ccc(C#N)cc2F)OC1)C(Cn1cncn1)(OC(=O)OCOC(=O)CCC(=O)NCCN1CCCCC1)c1ccc(F)cc1F. The molecule has 0 aliphatic carbocycles. The highest BCUT2D eigenvalue weighted by Crippen LogP contribution is 2.42. The van der Waals surface area contributed by atoms with Crippen molar-refractivity contribution in [1.29, 1.82) is 5.26 Å². The third-order valence-electron chi connectivity index (χ3n) is 9.40. The second kappa shape index (κ2) is 22.1. The molecular formula is C40H45F3N6O8S. The van der Waals surface area contributed by atoms with Gasteiger partial charge in [0.25, 0.3) is 0 Å². The fourth-order valence-corrected chi connectivity index (χ4v) is 7.72. The van der Waals surface area contributed by atoms with Gasteiger partial charge in [-0.15, -0.1) is 11.8 Å². The van der Waals surface area contributed by atoms with E-state index in [1.165, 1.54) is 53.7 Å². The summed E-state index contributed by atoms with van der Waals surface area (Å²) in [6.07, 6.45) is 10.0. The van der Waals surface area contributed by atoms with Crippen LogP contribution in [0.1, 0.15) is 55.7 Å². The number of ether oxygens (including phenoxy) is 5. The van der Waals surface area contributed by atoms with Gasteiger partial charge in [-0.2, -0.15) is 10.4 Å². The Balaban J connectivity index is 1.18. The van der Waals surface area contributed by atoms with Crippen molar-refractivity contribution in [2.45, 2.75) is 68.0 Å². The second-order valence-corrected chi connectivity index (χ2v) is 15.2. The first-order valence-electron chi connectivity index (χ1n) is 18.8. The van der Waals surface area contributed by atoms with Crippen LogP contribution in [-0.4, -0.2) is 101 Å². The lowest BCUT2D eigenvalue weighted by Crippen LogP contribution is -2.47. The first-order chi connectivity index (χ1) is 28.0. The molecule has 2 unspecified atom stereocenters. The number of thioether (sulfide) groups is 1. The number of halogens is 3. The molecule has 0 spiro atoms. The summed E-state index contributed by atoms with van der Waals surface area (Å²) in [7, 11) is 0. The molecule has 2 atom stereocenters. The number of esters is 1. The lowest BCUT2D eigenvalue weighted by atomic mass is 9.89. The number of nitriles is 1. The lowest BCUT2D eigenvalue weighted by Gasteiger charge is -2.40. The van der Waals surface area contributed by atoms with Crippen LogP contribution in [0.25, 0.3) is 6.08 Å². The van der Waals surface area contributed by atoms with Crippen LogP contribution >= 0.6 is 11.8 Å². The fourth-order valence-electron chi connectivity index (χ4n) is 6.36. The molecule has 0 radical (unpaired) electrons. The number of benzene rings is 2. The summed E-state index contributed by atoms with van der Waals surface area (Å²) in [5.41, 5.74) is -1.57. The van der Waals surface area contributed by atoms with Crippen molar-refractivity contribution in [3.63, 3.8) is 0 Å². The van der Waals surface area contributed by atoms with Crippen LogP contribution in [-0.2, 0) is 45.4 Å². The number of carbonyl (C=O) groups is 3. The normalized spacial score (nSPS) is 18.9. The Morgan fingerprint density at radius 1 is 1.05 bits per heavy atom. The Labute approximate surface area is 338 Å². The van der Waals surface area contributed by atoms with Crippen LogP contribution in [0.2, 0.25) is 0 Å². The number of nitrogens with zero attached hydrogens (tertiary/aromatic N) is 5. The minimum absolute atomic E-state index is 0.118. The second-order valence-electron chi connectivity index (χ2n) is 13.5. The van der Waals surface area contributed by atoms with Gasteiger partial charge in [0.15, 0.2) is 11.9 Å². The van der Waals surface area contributed by atoms with Gasteiger partial charge in [0.1, 0.15) is 30.1 Å². The lowest BCUT2D eigenvalue weighted by molar-refractivity contribution is -0.156. The molecule has 58 heavy (non-hydrogen) atoms. The predicted molar refractivity (Wildman–Crippen MR) is 205 cm³/mol. The molecule has 2 aliphatic rings. The quantitative estimate of drug-likeness (QED) is 0.0953. The van der Waals surface area contributed by atoms with E-state index >= 15 is 4.39 Å². The molecule has 3 aromatic rings. The van der Waals surface area contributed by atoms with E-state index in [1.54, 1.807) is 25.2 Å². The monoisotopic (exact) mass is 826 g/mol. The number of amides is 1. The number of aromatic nitrogens is 3. The predicted octanol–water partition coefficient (Wildman–Crippen LogP) is 5.63. The Hall–Kier alpha value is -5.22. The van der Waals surface area contributed by atoms with Gasteiger partial charge in [0.05, 0.1) is 43.1 Å². The van der Waals surface area contributed by atoms with Gasteiger partial charge in [-0.1, -0.05) is 30.7 Å². The zero-order chi connectivity index (χ0) is 41.3. The van der Waals surface area contributed by atoms with Crippen LogP contribution in [0.4, 0.5) is 18.0 Å². The molecule has 18 heteroatoms. The standard InChI is InChI=1S/C40H45F3N6O8S/c1-28(58-32-22-53-38(54-23-32)8-4-3-7-30-10-9-29(21-44)19-34(30)42)40(24-49-26-45-25-47-49,33-12-11-31(41)20-35(33)43)57-39(52)56-27-55-37(51)14-13-36(50)46-15-18-48-16-5-2-6-17-48/h3-4,7-12,19-20,25-26,28,32,38H,2,5-6,13-18,22-24,27H2,1H3,(H,46,50). The van der Waals surface area contributed by atoms with Gasteiger partial charge in [-0.3, -0.25) is 9.59 Å². The van der Waals surface area contributed by atoms with Crippen molar-refractivity contribution in [3.05, 3.63) is 101 Å². The van der Waals surface area contributed by atoms with E-state index in [0.29, 0.717) is 18.2 Å². The zero-order valence-electron chi connectivity index (χ0n) is 31.9. The summed E-state index contributed by atoms with van der Waals surface area (Å²) in [5, 5.41) is 14.7. The Bertz CT molecular complexity index is 1930. The molecule has 2 fully saturated rings. The molecule has 1 amide bonds. The topological polar surface area (TPSA) is 167 Å². The van der Waals surface area contributed by atoms with Crippen LogP contribution in [0.3, 0.4) is 0 Å². The number of hydrogen-bond acceptors (Lipinski definition) is 13. The summed E-state index contributed by atoms with van der Waals surface area (Å²) in [6, 6.07) is 8.89. The minimum atomic E-state index is -1.90. The molecule has 5 rings (SSSR count). The summed E-state index contributed by atoms with van der Waals surface area (Å²) in [5.74, 6) is -3.49. The van der Waals surface area contributed by atoms with Crippen LogP contribution in [0.5, 0.6) is 0 Å². The van der Waals surface area contributed by atoms with Crippen molar-refractivity contribution in [1.82, 2.24) is 25.0 Å². The van der Waals surface area contributed by atoms with Gasteiger partial charge in [0, 0.05) is 42.0 Å². The maximum absolute atomic E-state index is 15.7. The first-order valence-corrected chi connectivity index (χ1v) is 19.7. The number of allylic oxidation sites excluding steroid dienone is 2. The number of nitrogens with one attached hydrogen (secondary N) is 1. The van der Waals surface area contributed by atoms with Gasteiger partial charge >= 0.3 is 12.1 Å². The molecule has 310 valence electrons. The molecule has 0 bridgehead atoms. The number of piperidine rings is 1. The van der Waals surface area contributed by atoms with E-state index in [-0.39, 0.29) is 54.9 Å². The summed E-state index contributed by atoms with van der Waals surface area (Å²) in [4.78, 5) is 44.1. The zero-order valence-corrected chi connectivity index (χ0v) is 32.7. The number of hydrogen-bond donors (Lipinski definition) is 1. The van der Waals surface area contributed by atoms with E-state index in [4.69, 9.17) is 28.9 Å². The van der Waals surface area contributed by atoms with Crippen molar-refractivity contribution in [2.75, 3.05) is 46.2 Å². The van der Waals surface area contributed by atoms with Crippen LogP contribution in [0.15, 0.2) is 67.3 Å². The first kappa shape index (κ1) is 43.9. The number of rotatable bonds is 18. The third-order valence-corrected chi connectivity index (χ3v) is 10.8. The van der Waals surface area contributed by atoms with E-state index in [2.05, 4.69) is 20.3 Å². The smallest absolute Gasteiger partial charge is 0.428 e. The average molecular weight is 827 g/mol. The van der Waals surface area contributed by atoms with Gasteiger partial charge < -0.3 is 33.9 Å². The van der Waals surface area contributed by atoms with Crippen molar-refractivity contribution >= 4 is 35.9 Å². The number of likely N-dealkylation sites (tertiary alicyclic amines) is 1. The molecule has 1 aromatic heterocycles. The maximum atomic E-state index is 15.7. The molecule has 3 heterocycles. The third kappa shape index (κ3) is 13.2. The van der Waals surface area contributed by atoms with E-state index in [0.717, 1.165) is 50.7 Å². The fraction of sp³-hybridized carbons (Fsp3) is 0.450. The van der Waals surface area contributed by atoms with Crippen LogP contribution < -0.4 is 5.32 Å². The van der Waals surface area contributed by atoms with Crippen molar-refractivity contribution < 1.29 is 51.2 Å². The Morgan fingerprint density at radius 2 is 1.84 bits per heavy atom. The number of carbonyl (C=O) groups excluding carboxylic acids is 3. The summed E-state index contributed by atoms with van der Waals surface area (Å²) in [6.45, 7) is 4.08. The van der Waals surface area contributed by atoms with Crippen molar-refractivity contribution in [3.8, 4) is 6.07 Å². The molecule has 2 aliphatic heterocycles. The summed E-state index contributed by atoms with van der Waals surface area (Å²) >= 11 is 1.25. The molecule has 1 N–H and O–H groups in total. The van der Waals surface area contributed by atoms with E-state index < -0.39 is 53.5 Å². The van der Waals surface area contributed by atoms with E-state index in [9.17, 15) is 23.2 Å². The highest BCUT2D eigenvalue weighted by atomic mass is 32.2. The van der Waals surface area contributed by atoms with Gasteiger partial charge in [0.2, 0.25) is 12.7 Å². The van der Waals surface area contributed by atoms with Gasteiger partial charge in [-0.05, 0) is 63.2 Å². The largest absolute Gasteiger partial charge is 0.512 e. The molecule has 2 aromatic carbocycles. The Morgan fingerprint density at radius 3 is 2.55 bits per heavy atom. The summed E-state index contributed by atoms with van der Waals surface area (Å²) < 4.78 is 73.1. The average Bonchev–Trinajstić information content (AvgIpc) is 3.73. The van der Waals surface area contributed by atoms with Crippen molar-refractivity contribution in [2.24, 2.45) is 0 Å². The molecule has 0 saturated carbocycles. The Kier molecular flexibility index (Phi) is 16.7. The van der Waals surface area contributed by atoms with Crippen LogP contribution in [0, 0.1) is 28.8 Å². The highest BCUT2D eigenvalue weighted by molar-refractivity contribution is 8.00. The highest BCUT2D eigenvalue weighted by Gasteiger charge is 2.47. The van der Waals surface area contributed by atoms with Gasteiger partial charge in [-0.25, -0.2) is 27.6 Å². The van der Waals surface area contributed by atoms with E-state index in [1.807, 2.05) is 6.07 Å². The molecular weight excluding hydrogens is 782 g/mol. The molecule has 2 saturated heterocycles. The minimum Gasteiger partial charge on any atom is -0.428 e. The maximum Gasteiger partial charge on any atom is 0.512 e.